The van der Waals surface area contributed by atoms with Crippen molar-refractivity contribution in [3.63, 3.8) is 0 Å². The van der Waals surface area contributed by atoms with Gasteiger partial charge in [0.25, 0.3) is 5.91 Å². The van der Waals surface area contributed by atoms with Crippen molar-refractivity contribution < 1.29 is 9.90 Å². The molecule has 0 fully saturated rings. The van der Waals surface area contributed by atoms with E-state index in [0.717, 1.165) is 6.42 Å². The molecule has 1 N–H and O–H groups in total. The molecule has 0 unspecified atom stereocenters. The van der Waals surface area contributed by atoms with E-state index in [1.165, 1.54) is 6.07 Å². The fourth-order valence-electron chi connectivity index (χ4n) is 1.53. The number of nitrogens with zero attached hydrogens (tertiary/aromatic N) is 1. The molecule has 0 saturated carbocycles. The van der Waals surface area contributed by atoms with Crippen LogP contribution in [0.2, 0.25) is 0 Å². The van der Waals surface area contributed by atoms with Gasteiger partial charge in [0.2, 0.25) is 0 Å². The maximum absolute atomic E-state index is 12.1. The van der Waals surface area contributed by atoms with Gasteiger partial charge in [0.05, 0.1) is 4.47 Å². The first kappa shape index (κ1) is 13.8. The van der Waals surface area contributed by atoms with E-state index in [1.54, 1.807) is 23.1 Å². The standard InChI is InChI=1S/C13H16BrNO2/c1-3-7-15(8-4-2)13(17)10-5-6-11(14)12(16)9-10/h3,5-6,9,16H,1,4,7-8H2,2H3. The maximum atomic E-state index is 12.1. The summed E-state index contributed by atoms with van der Waals surface area (Å²) in [7, 11) is 0. The van der Waals surface area contributed by atoms with Crippen LogP contribution < -0.4 is 0 Å². The summed E-state index contributed by atoms with van der Waals surface area (Å²) in [5.41, 5.74) is 0.487. The number of amides is 1. The molecule has 4 heteroatoms. The number of carbonyl (C=O) groups excluding carboxylic acids is 1. The van der Waals surface area contributed by atoms with Gasteiger partial charge in [-0.3, -0.25) is 4.79 Å². The van der Waals surface area contributed by atoms with Crippen molar-refractivity contribution in [2.24, 2.45) is 0 Å². The summed E-state index contributed by atoms with van der Waals surface area (Å²) in [6.45, 7) is 6.86. The Morgan fingerprint density at radius 1 is 1.59 bits per heavy atom. The third kappa shape index (κ3) is 3.60. The number of phenols is 1. The summed E-state index contributed by atoms with van der Waals surface area (Å²) in [6.07, 6.45) is 2.59. The van der Waals surface area contributed by atoms with Crippen LogP contribution in [0.15, 0.2) is 35.3 Å². The molecule has 0 aromatic heterocycles. The zero-order valence-electron chi connectivity index (χ0n) is 9.82. The van der Waals surface area contributed by atoms with Gasteiger partial charge in [0.15, 0.2) is 0 Å². The highest BCUT2D eigenvalue weighted by molar-refractivity contribution is 9.10. The molecule has 1 aromatic rings. The van der Waals surface area contributed by atoms with E-state index < -0.39 is 0 Å². The van der Waals surface area contributed by atoms with Crippen molar-refractivity contribution in [2.75, 3.05) is 13.1 Å². The van der Waals surface area contributed by atoms with E-state index in [1.807, 2.05) is 6.92 Å². The number of rotatable bonds is 5. The van der Waals surface area contributed by atoms with Crippen LogP contribution in [-0.4, -0.2) is 29.0 Å². The third-order valence-electron chi connectivity index (χ3n) is 2.32. The summed E-state index contributed by atoms with van der Waals surface area (Å²) in [5, 5.41) is 9.55. The Balaban J connectivity index is 2.92. The van der Waals surface area contributed by atoms with Crippen LogP contribution in [-0.2, 0) is 0 Å². The van der Waals surface area contributed by atoms with Crippen LogP contribution in [0.4, 0.5) is 0 Å². The molecule has 1 aromatic carbocycles. The highest BCUT2D eigenvalue weighted by Gasteiger charge is 2.14. The van der Waals surface area contributed by atoms with Crippen LogP contribution in [0.25, 0.3) is 0 Å². The molecule has 0 aliphatic carbocycles. The third-order valence-corrected chi connectivity index (χ3v) is 2.99. The second-order valence-corrected chi connectivity index (χ2v) is 4.56. The smallest absolute Gasteiger partial charge is 0.254 e. The summed E-state index contributed by atoms with van der Waals surface area (Å²) >= 11 is 3.19. The fraction of sp³-hybridized carbons (Fsp3) is 0.308. The van der Waals surface area contributed by atoms with Gasteiger partial charge in [-0.25, -0.2) is 0 Å². The zero-order chi connectivity index (χ0) is 12.8. The Hall–Kier alpha value is -1.29. The number of benzene rings is 1. The highest BCUT2D eigenvalue weighted by Crippen LogP contribution is 2.24. The minimum atomic E-state index is -0.0884. The largest absolute Gasteiger partial charge is 0.507 e. The lowest BCUT2D eigenvalue weighted by atomic mass is 10.2. The SMILES string of the molecule is C=CCN(CCC)C(=O)c1ccc(Br)c(O)c1. The van der Waals surface area contributed by atoms with E-state index in [2.05, 4.69) is 22.5 Å². The van der Waals surface area contributed by atoms with Gasteiger partial charge in [0.1, 0.15) is 5.75 Å². The van der Waals surface area contributed by atoms with Crippen LogP contribution in [0.1, 0.15) is 23.7 Å². The zero-order valence-corrected chi connectivity index (χ0v) is 11.4. The lowest BCUT2D eigenvalue weighted by Crippen LogP contribution is -2.31. The summed E-state index contributed by atoms with van der Waals surface area (Å²) in [6, 6.07) is 4.83. The first-order chi connectivity index (χ1) is 8.10. The average Bonchev–Trinajstić information content (AvgIpc) is 2.31. The van der Waals surface area contributed by atoms with E-state index in [0.29, 0.717) is 23.1 Å². The Morgan fingerprint density at radius 2 is 2.29 bits per heavy atom. The lowest BCUT2D eigenvalue weighted by molar-refractivity contribution is 0.0773. The Labute approximate surface area is 110 Å². The van der Waals surface area contributed by atoms with Gasteiger partial charge in [-0.15, -0.1) is 6.58 Å². The molecule has 0 atom stereocenters. The number of halogens is 1. The average molecular weight is 298 g/mol. The minimum Gasteiger partial charge on any atom is -0.507 e. The molecule has 17 heavy (non-hydrogen) atoms. The van der Waals surface area contributed by atoms with Gasteiger partial charge >= 0.3 is 0 Å². The van der Waals surface area contributed by atoms with E-state index >= 15 is 0 Å². The quantitative estimate of drug-likeness (QED) is 0.848. The minimum absolute atomic E-state index is 0.0749. The Kier molecular flexibility index (Phi) is 5.22. The van der Waals surface area contributed by atoms with Crippen LogP contribution >= 0.6 is 15.9 Å². The van der Waals surface area contributed by atoms with E-state index in [9.17, 15) is 9.90 Å². The van der Waals surface area contributed by atoms with Crippen molar-refractivity contribution >= 4 is 21.8 Å². The van der Waals surface area contributed by atoms with Crippen LogP contribution in [0, 0.1) is 0 Å². The van der Waals surface area contributed by atoms with E-state index in [-0.39, 0.29) is 11.7 Å². The highest BCUT2D eigenvalue weighted by atomic mass is 79.9. The number of phenolic OH excluding ortho intramolecular Hbond substituents is 1. The molecule has 0 aliphatic rings. The summed E-state index contributed by atoms with van der Waals surface area (Å²) in [5.74, 6) is -0.0135. The summed E-state index contributed by atoms with van der Waals surface area (Å²) < 4.78 is 0.583. The topological polar surface area (TPSA) is 40.5 Å². The second kappa shape index (κ2) is 6.45. The Morgan fingerprint density at radius 3 is 2.82 bits per heavy atom. The molecule has 92 valence electrons. The van der Waals surface area contributed by atoms with E-state index in [4.69, 9.17) is 0 Å². The second-order valence-electron chi connectivity index (χ2n) is 3.71. The predicted octanol–water partition coefficient (Wildman–Crippen LogP) is 3.19. The Bertz CT molecular complexity index is 418. The number of hydrogen-bond donors (Lipinski definition) is 1. The van der Waals surface area contributed by atoms with Crippen LogP contribution in [0.5, 0.6) is 5.75 Å². The molecule has 0 bridgehead atoms. The van der Waals surface area contributed by atoms with Crippen molar-refractivity contribution in [3.05, 3.63) is 40.9 Å². The maximum Gasteiger partial charge on any atom is 0.254 e. The predicted molar refractivity (Wildman–Crippen MR) is 72.2 cm³/mol. The fourth-order valence-corrected chi connectivity index (χ4v) is 1.78. The first-order valence-electron chi connectivity index (χ1n) is 5.48. The monoisotopic (exact) mass is 297 g/mol. The molecule has 0 aliphatic heterocycles. The van der Waals surface area contributed by atoms with Gasteiger partial charge < -0.3 is 10.0 Å². The molecular weight excluding hydrogens is 282 g/mol. The van der Waals surface area contributed by atoms with Crippen LogP contribution in [0.3, 0.4) is 0 Å². The first-order valence-corrected chi connectivity index (χ1v) is 6.28. The van der Waals surface area contributed by atoms with Gasteiger partial charge in [-0.05, 0) is 40.5 Å². The molecule has 0 spiro atoms. The van der Waals surface area contributed by atoms with Gasteiger partial charge in [-0.2, -0.15) is 0 Å². The number of aromatic hydroxyl groups is 1. The molecule has 0 saturated heterocycles. The number of carbonyl (C=O) groups is 1. The molecule has 1 amide bonds. The van der Waals surface area contributed by atoms with Crippen molar-refractivity contribution in [1.29, 1.82) is 0 Å². The number of hydrogen-bond acceptors (Lipinski definition) is 2. The van der Waals surface area contributed by atoms with Crippen molar-refractivity contribution in [1.82, 2.24) is 4.90 Å². The van der Waals surface area contributed by atoms with Gasteiger partial charge in [0, 0.05) is 18.7 Å². The molecule has 3 nitrogen and oxygen atoms in total. The molecule has 0 heterocycles. The summed E-state index contributed by atoms with van der Waals surface area (Å²) in [4.78, 5) is 13.8. The molecular formula is C13H16BrNO2. The lowest BCUT2D eigenvalue weighted by Gasteiger charge is -2.20. The van der Waals surface area contributed by atoms with Crippen molar-refractivity contribution in [2.45, 2.75) is 13.3 Å². The van der Waals surface area contributed by atoms with Crippen molar-refractivity contribution in [3.8, 4) is 5.75 Å². The molecule has 1 rings (SSSR count). The van der Waals surface area contributed by atoms with Gasteiger partial charge in [-0.1, -0.05) is 13.0 Å². The normalized spacial score (nSPS) is 10.0. The molecule has 0 radical (unpaired) electrons.